The standard InChI is InChI=1S/C17H19ClN2O/c1-12-9-13(2)17(15(18)10-12)19-16(21)11-20(3)14-7-5-4-6-8-14/h4-10H,11H2,1-3H3,(H,19,21). The molecule has 0 fully saturated rings. The lowest BCUT2D eigenvalue weighted by Gasteiger charge is -2.19. The molecule has 0 aliphatic rings. The molecule has 4 heteroatoms. The Balaban J connectivity index is 2.06. The van der Waals surface area contributed by atoms with E-state index in [4.69, 9.17) is 11.6 Å². The van der Waals surface area contributed by atoms with Crippen molar-refractivity contribution < 1.29 is 4.79 Å². The van der Waals surface area contributed by atoms with Crippen LogP contribution in [0.25, 0.3) is 0 Å². The molecule has 3 nitrogen and oxygen atoms in total. The summed E-state index contributed by atoms with van der Waals surface area (Å²) in [6.07, 6.45) is 0. The number of benzene rings is 2. The van der Waals surface area contributed by atoms with E-state index in [1.54, 1.807) is 0 Å². The highest BCUT2D eigenvalue weighted by molar-refractivity contribution is 6.34. The Morgan fingerprint density at radius 3 is 2.48 bits per heavy atom. The van der Waals surface area contributed by atoms with Crippen LogP contribution in [0.4, 0.5) is 11.4 Å². The van der Waals surface area contributed by atoms with E-state index in [9.17, 15) is 4.79 Å². The highest BCUT2D eigenvalue weighted by atomic mass is 35.5. The van der Waals surface area contributed by atoms with Gasteiger partial charge in [0, 0.05) is 12.7 Å². The third-order valence-corrected chi connectivity index (χ3v) is 3.57. The van der Waals surface area contributed by atoms with Crippen molar-refractivity contribution in [2.24, 2.45) is 0 Å². The molecule has 110 valence electrons. The summed E-state index contributed by atoms with van der Waals surface area (Å²) < 4.78 is 0. The van der Waals surface area contributed by atoms with Crippen LogP contribution in [0.2, 0.25) is 5.02 Å². The van der Waals surface area contributed by atoms with Gasteiger partial charge in [0.05, 0.1) is 17.3 Å². The number of para-hydroxylation sites is 1. The van der Waals surface area contributed by atoms with E-state index in [1.165, 1.54) is 0 Å². The molecule has 0 bridgehead atoms. The molecule has 0 saturated heterocycles. The van der Waals surface area contributed by atoms with Gasteiger partial charge in [-0.3, -0.25) is 4.79 Å². The van der Waals surface area contributed by atoms with E-state index in [-0.39, 0.29) is 12.5 Å². The van der Waals surface area contributed by atoms with Gasteiger partial charge in [0.15, 0.2) is 0 Å². The van der Waals surface area contributed by atoms with Gasteiger partial charge >= 0.3 is 0 Å². The van der Waals surface area contributed by atoms with Gasteiger partial charge in [-0.05, 0) is 43.2 Å². The SMILES string of the molecule is Cc1cc(C)c(NC(=O)CN(C)c2ccccc2)c(Cl)c1. The number of hydrogen-bond donors (Lipinski definition) is 1. The van der Waals surface area contributed by atoms with Crippen LogP contribution in [0.5, 0.6) is 0 Å². The fraction of sp³-hybridized carbons (Fsp3) is 0.235. The smallest absolute Gasteiger partial charge is 0.243 e. The highest BCUT2D eigenvalue weighted by Gasteiger charge is 2.11. The molecule has 1 amide bonds. The Labute approximate surface area is 130 Å². The monoisotopic (exact) mass is 302 g/mol. The van der Waals surface area contributed by atoms with E-state index >= 15 is 0 Å². The first-order valence-electron chi connectivity index (χ1n) is 6.80. The minimum atomic E-state index is -0.0878. The van der Waals surface area contributed by atoms with Crippen LogP contribution < -0.4 is 10.2 Å². The number of amides is 1. The number of anilines is 2. The van der Waals surface area contributed by atoms with Gasteiger partial charge in [-0.1, -0.05) is 35.9 Å². The number of carbonyl (C=O) groups is 1. The van der Waals surface area contributed by atoms with Gasteiger partial charge in [-0.25, -0.2) is 0 Å². The van der Waals surface area contributed by atoms with Gasteiger partial charge in [-0.2, -0.15) is 0 Å². The van der Waals surface area contributed by atoms with Crippen molar-refractivity contribution in [3.8, 4) is 0 Å². The molecule has 0 spiro atoms. The Kier molecular flexibility index (Phi) is 4.86. The summed E-state index contributed by atoms with van der Waals surface area (Å²) in [4.78, 5) is 14.1. The van der Waals surface area contributed by atoms with Gasteiger partial charge in [0.1, 0.15) is 0 Å². The summed E-state index contributed by atoms with van der Waals surface area (Å²) in [6.45, 7) is 4.19. The second-order valence-corrected chi connectivity index (χ2v) is 5.59. The number of hydrogen-bond acceptors (Lipinski definition) is 2. The van der Waals surface area contributed by atoms with E-state index < -0.39 is 0 Å². The lowest BCUT2D eigenvalue weighted by molar-refractivity contribution is -0.114. The van der Waals surface area contributed by atoms with Crippen molar-refractivity contribution in [2.45, 2.75) is 13.8 Å². The fourth-order valence-electron chi connectivity index (χ4n) is 2.24. The van der Waals surface area contributed by atoms with E-state index in [0.29, 0.717) is 10.7 Å². The lowest BCUT2D eigenvalue weighted by Crippen LogP contribution is -2.30. The number of likely N-dealkylation sites (N-methyl/N-ethyl adjacent to an activating group) is 1. The first-order valence-corrected chi connectivity index (χ1v) is 7.18. The molecule has 0 aromatic heterocycles. The predicted molar refractivity (Wildman–Crippen MR) is 89.3 cm³/mol. The molecule has 2 aromatic rings. The van der Waals surface area contributed by atoms with Crippen LogP contribution in [-0.2, 0) is 4.79 Å². The number of nitrogens with one attached hydrogen (secondary N) is 1. The van der Waals surface area contributed by atoms with Crippen LogP contribution >= 0.6 is 11.6 Å². The number of rotatable bonds is 4. The largest absolute Gasteiger partial charge is 0.365 e. The summed E-state index contributed by atoms with van der Waals surface area (Å²) in [5.41, 5.74) is 3.74. The Morgan fingerprint density at radius 1 is 1.19 bits per heavy atom. The van der Waals surface area contributed by atoms with Crippen molar-refractivity contribution in [1.82, 2.24) is 0 Å². The lowest BCUT2D eigenvalue weighted by atomic mass is 10.1. The van der Waals surface area contributed by atoms with E-state index in [2.05, 4.69) is 5.32 Å². The Morgan fingerprint density at radius 2 is 1.86 bits per heavy atom. The summed E-state index contributed by atoms with van der Waals surface area (Å²) in [5.74, 6) is -0.0878. The van der Waals surface area contributed by atoms with Gasteiger partial charge < -0.3 is 10.2 Å². The first-order chi connectivity index (χ1) is 9.97. The first kappa shape index (κ1) is 15.4. The van der Waals surface area contributed by atoms with Crippen molar-refractivity contribution in [2.75, 3.05) is 23.8 Å². The predicted octanol–water partition coefficient (Wildman–Crippen LogP) is 4.03. The average Bonchev–Trinajstić information content (AvgIpc) is 2.43. The maximum Gasteiger partial charge on any atom is 0.243 e. The van der Waals surface area contributed by atoms with Crippen molar-refractivity contribution >= 4 is 28.9 Å². The average molecular weight is 303 g/mol. The third-order valence-electron chi connectivity index (χ3n) is 3.27. The molecule has 0 radical (unpaired) electrons. The second-order valence-electron chi connectivity index (χ2n) is 5.18. The molecule has 0 heterocycles. The van der Waals surface area contributed by atoms with E-state index in [0.717, 1.165) is 16.8 Å². The summed E-state index contributed by atoms with van der Waals surface area (Å²) in [6, 6.07) is 13.6. The zero-order chi connectivity index (χ0) is 15.4. The molecule has 0 saturated carbocycles. The van der Waals surface area contributed by atoms with Gasteiger partial charge in [-0.15, -0.1) is 0 Å². The zero-order valence-corrected chi connectivity index (χ0v) is 13.2. The molecule has 0 aliphatic carbocycles. The fourth-order valence-corrected chi connectivity index (χ4v) is 2.61. The number of nitrogens with zero attached hydrogens (tertiary/aromatic N) is 1. The molecule has 0 atom stereocenters. The summed E-state index contributed by atoms with van der Waals surface area (Å²) in [7, 11) is 1.89. The number of carbonyl (C=O) groups excluding carboxylic acids is 1. The van der Waals surface area contributed by atoms with Crippen molar-refractivity contribution in [3.63, 3.8) is 0 Å². The van der Waals surface area contributed by atoms with Crippen molar-refractivity contribution in [1.29, 1.82) is 0 Å². The van der Waals surface area contributed by atoms with Crippen LogP contribution in [0.3, 0.4) is 0 Å². The minimum absolute atomic E-state index is 0.0878. The van der Waals surface area contributed by atoms with Gasteiger partial charge in [0.25, 0.3) is 0 Å². The summed E-state index contributed by atoms with van der Waals surface area (Å²) >= 11 is 6.20. The second kappa shape index (κ2) is 6.64. The highest BCUT2D eigenvalue weighted by Crippen LogP contribution is 2.27. The molecule has 0 unspecified atom stereocenters. The topological polar surface area (TPSA) is 32.3 Å². The number of halogens is 1. The zero-order valence-electron chi connectivity index (χ0n) is 12.5. The molecule has 21 heavy (non-hydrogen) atoms. The van der Waals surface area contributed by atoms with E-state index in [1.807, 2.05) is 68.3 Å². The van der Waals surface area contributed by atoms with Crippen LogP contribution in [0, 0.1) is 13.8 Å². The quantitative estimate of drug-likeness (QED) is 0.924. The summed E-state index contributed by atoms with van der Waals surface area (Å²) in [5, 5.41) is 3.47. The Hall–Kier alpha value is -2.00. The normalized spacial score (nSPS) is 10.3. The molecule has 0 aliphatic heterocycles. The van der Waals surface area contributed by atoms with Gasteiger partial charge in [0.2, 0.25) is 5.91 Å². The molecule has 2 aromatic carbocycles. The molecule has 2 rings (SSSR count). The van der Waals surface area contributed by atoms with Crippen LogP contribution in [0.15, 0.2) is 42.5 Å². The minimum Gasteiger partial charge on any atom is -0.365 e. The Bertz CT molecular complexity index is 617. The molecular formula is C17H19ClN2O. The maximum absolute atomic E-state index is 12.2. The maximum atomic E-state index is 12.2. The molecule has 1 N–H and O–H groups in total. The third kappa shape index (κ3) is 3.99. The van der Waals surface area contributed by atoms with Crippen LogP contribution in [0.1, 0.15) is 11.1 Å². The van der Waals surface area contributed by atoms with Crippen LogP contribution in [-0.4, -0.2) is 19.5 Å². The van der Waals surface area contributed by atoms with Crippen molar-refractivity contribution in [3.05, 3.63) is 58.6 Å². The number of aryl methyl sites for hydroxylation is 2. The molecular weight excluding hydrogens is 284 g/mol.